The molecule has 0 radical (unpaired) electrons. The minimum absolute atomic E-state index is 0.126. The number of fused-ring (bicyclic) bond motifs is 2. The van der Waals surface area contributed by atoms with Gasteiger partial charge in [-0.2, -0.15) is 5.26 Å². The van der Waals surface area contributed by atoms with Crippen molar-refractivity contribution in [1.82, 2.24) is 14.5 Å². The van der Waals surface area contributed by atoms with E-state index in [2.05, 4.69) is 25.8 Å². The van der Waals surface area contributed by atoms with Crippen molar-refractivity contribution >= 4 is 34.1 Å². The molecule has 9 heteroatoms. The SMILES string of the molecule is Cn1c(=O)c(C#N)c(N2CC[C@H]3[C@H](CCN3c3ccc([ClH+])cn3)C2)c2nc(Cl)ccc21. The third kappa shape index (κ3) is 3.31. The van der Waals surface area contributed by atoms with Gasteiger partial charge in [0.25, 0.3) is 5.56 Å². The molecule has 3 aromatic rings. The first-order valence-electron chi connectivity index (χ1n) is 10.2. The van der Waals surface area contributed by atoms with Gasteiger partial charge in [0, 0.05) is 38.8 Å². The molecule has 0 bridgehead atoms. The average molecular weight is 456 g/mol. The highest BCUT2D eigenvalue weighted by molar-refractivity contribution is 6.29. The number of aromatic nitrogens is 3. The second-order valence-corrected chi connectivity index (χ2v) is 8.96. The van der Waals surface area contributed by atoms with Crippen molar-refractivity contribution in [3.63, 3.8) is 0 Å². The molecule has 0 amide bonds. The molecule has 2 aliphatic rings. The molecular formula is C22H21Cl2N6O+. The lowest BCUT2D eigenvalue weighted by atomic mass is 9.92. The van der Waals surface area contributed by atoms with Crippen molar-refractivity contribution in [2.24, 2.45) is 13.0 Å². The van der Waals surface area contributed by atoms with Gasteiger partial charge in [-0.3, -0.25) is 4.79 Å². The Morgan fingerprint density at radius 3 is 2.81 bits per heavy atom. The molecule has 5 heterocycles. The Bertz CT molecular complexity index is 1270. The quantitative estimate of drug-likeness (QED) is 0.552. The molecular weight excluding hydrogens is 435 g/mol. The molecule has 2 fully saturated rings. The number of piperidine rings is 1. The monoisotopic (exact) mass is 455 g/mol. The van der Waals surface area contributed by atoms with Crippen LogP contribution in [0.15, 0.2) is 35.3 Å². The smallest absolute Gasteiger partial charge is 0.270 e. The van der Waals surface area contributed by atoms with E-state index in [1.807, 2.05) is 12.1 Å². The van der Waals surface area contributed by atoms with Crippen molar-refractivity contribution in [1.29, 1.82) is 5.26 Å². The normalized spacial score (nSPS) is 20.7. The van der Waals surface area contributed by atoms with Crippen molar-refractivity contribution in [2.75, 3.05) is 29.4 Å². The molecule has 0 aliphatic carbocycles. The first-order valence-corrected chi connectivity index (χ1v) is 11.0. The van der Waals surface area contributed by atoms with Gasteiger partial charge in [0.2, 0.25) is 5.02 Å². The van der Waals surface area contributed by atoms with E-state index in [1.165, 1.54) is 4.57 Å². The van der Waals surface area contributed by atoms with Gasteiger partial charge in [-0.05, 0) is 37.0 Å². The standard InChI is InChI=1S/C22H21Cl2N6O/c1-28-17-3-4-18(24)27-20(17)21(15(10-25)22(28)31)29-8-7-16-13(12-29)6-9-30(16)19-5-2-14(23)11-26-19/h2-5,11,13,16,23H,6-9,12H2,1H3/q+1/t13-,16+/m1/s1. The fraction of sp³-hybridized carbons (Fsp3) is 0.364. The number of pyridine rings is 3. The number of halogens is 2. The highest BCUT2D eigenvalue weighted by Gasteiger charge is 2.40. The molecule has 0 spiro atoms. The fourth-order valence-electron chi connectivity index (χ4n) is 4.99. The van der Waals surface area contributed by atoms with Gasteiger partial charge >= 0.3 is 0 Å². The van der Waals surface area contributed by atoms with E-state index in [0.29, 0.717) is 33.8 Å². The molecule has 3 aromatic heterocycles. The van der Waals surface area contributed by atoms with E-state index in [4.69, 9.17) is 23.2 Å². The summed E-state index contributed by atoms with van der Waals surface area (Å²) < 4.78 is 1.47. The Labute approximate surface area is 189 Å². The number of anilines is 2. The lowest BCUT2D eigenvalue weighted by Gasteiger charge is -2.39. The van der Waals surface area contributed by atoms with E-state index in [-0.39, 0.29) is 11.1 Å². The Kier molecular flexibility index (Phi) is 4.99. The van der Waals surface area contributed by atoms with Crippen LogP contribution in [0.3, 0.4) is 0 Å². The van der Waals surface area contributed by atoms with Gasteiger partial charge in [-0.1, -0.05) is 11.6 Å². The summed E-state index contributed by atoms with van der Waals surface area (Å²) in [6, 6.07) is 9.86. The highest BCUT2D eigenvalue weighted by atomic mass is 35.5. The predicted molar refractivity (Wildman–Crippen MR) is 118 cm³/mol. The highest BCUT2D eigenvalue weighted by Crippen LogP contribution is 2.38. The van der Waals surface area contributed by atoms with Crippen LogP contribution in [-0.2, 0) is 7.05 Å². The van der Waals surface area contributed by atoms with E-state index >= 15 is 0 Å². The number of hydrogen-bond acceptors (Lipinski definition) is 6. The summed E-state index contributed by atoms with van der Waals surface area (Å²) in [4.78, 5) is 26.4. The summed E-state index contributed by atoms with van der Waals surface area (Å²) in [5.41, 5.74) is 1.70. The molecule has 2 saturated heterocycles. The zero-order valence-electron chi connectivity index (χ0n) is 17.0. The van der Waals surface area contributed by atoms with Gasteiger partial charge in [0.05, 0.1) is 17.4 Å². The largest absolute Gasteiger partial charge is 0.368 e. The first-order chi connectivity index (χ1) is 15.0. The number of nitrogens with zero attached hydrogens (tertiary/aromatic N) is 6. The molecule has 0 aromatic carbocycles. The van der Waals surface area contributed by atoms with Crippen molar-refractivity contribution in [3.8, 4) is 6.07 Å². The first kappa shape index (κ1) is 20.1. The molecule has 0 unspecified atom stereocenters. The Hall–Kier alpha value is -2.82. The fourth-order valence-corrected chi connectivity index (χ4v) is 5.26. The number of nitriles is 1. The molecule has 0 N–H and O–H groups in total. The van der Waals surface area contributed by atoms with E-state index in [9.17, 15) is 10.1 Å². The molecule has 31 heavy (non-hydrogen) atoms. The van der Waals surface area contributed by atoms with E-state index < -0.39 is 0 Å². The summed E-state index contributed by atoms with van der Waals surface area (Å²) >= 11 is 11.3. The van der Waals surface area contributed by atoms with Crippen LogP contribution in [-0.4, -0.2) is 40.2 Å². The summed E-state index contributed by atoms with van der Waals surface area (Å²) in [7, 11) is 1.66. The second kappa shape index (κ2) is 7.70. The summed E-state index contributed by atoms with van der Waals surface area (Å²) in [5, 5.41) is 10.9. The minimum Gasteiger partial charge on any atom is -0.368 e. The minimum atomic E-state index is -0.308. The molecule has 2 atom stereocenters. The van der Waals surface area contributed by atoms with Gasteiger partial charge in [-0.25, -0.2) is 9.97 Å². The van der Waals surface area contributed by atoms with Crippen LogP contribution < -0.4 is 15.4 Å². The third-order valence-electron chi connectivity index (χ3n) is 6.46. The molecule has 158 valence electrons. The van der Waals surface area contributed by atoms with Crippen molar-refractivity contribution in [2.45, 2.75) is 18.9 Å². The maximum atomic E-state index is 12.9. The van der Waals surface area contributed by atoms with Crippen LogP contribution in [0, 0.1) is 28.8 Å². The Morgan fingerprint density at radius 2 is 2.06 bits per heavy atom. The summed E-state index contributed by atoms with van der Waals surface area (Å²) in [5.74, 6) is 1.36. The number of aryl methyl sites for hydroxylation is 1. The van der Waals surface area contributed by atoms with Gasteiger partial charge in [0.1, 0.15) is 28.1 Å². The van der Waals surface area contributed by atoms with Crippen LogP contribution in [0.1, 0.15) is 18.4 Å². The zero-order valence-corrected chi connectivity index (χ0v) is 18.5. The van der Waals surface area contributed by atoms with Crippen LogP contribution in [0.25, 0.3) is 11.0 Å². The van der Waals surface area contributed by atoms with Crippen molar-refractivity contribution in [3.05, 3.63) is 56.6 Å². The van der Waals surface area contributed by atoms with Crippen molar-refractivity contribution < 1.29 is 11.6 Å². The Morgan fingerprint density at radius 1 is 1.23 bits per heavy atom. The van der Waals surface area contributed by atoms with Crippen LogP contribution in [0.5, 0.6) is 0 Å². The maximum Gasteiger partial charge on any atom is 0.270 e. The predicted octanol–water partition coefficient (Wildman–Crippen LogP) is 2.65. The molecule has 2 aliphatic heterocycles. The third-order valence-corrected chi connectivity index (χ3v) is 6.91. The summed E-state index contributed by atoms with van der Waals surface area (Å²) in [6.07, 6.45) is 3.66. The number of rotatable bonds is 2. The van der Waals surface area contributed by atoms with Crippen LogP contribution in [0.2, 0.25) is 10.2 Å². The second-order valence-electron chi connectivity index (χ2n) is 8.10. The van der Waals surface area contributed by atoms with Gasteiger partial charge in [-0.15, -0.1) is 0 Å². The van der Waals surface area contributed by atoms with Crippen LogP contribution in [0.4, 0.5) is 11.5 Å². The lowest BCUT2D eigenvalue weighted by Crippen LogP contribution is -2.47. The molecule has 0 saturated carbocycles. The molecule has 5 rings (SSSR count). The van der Waals surface area contributed by atoms with Gasteiger partial charge < -0.3 is 14.4 Å². The van der Waals surface area contributed by atoms with Gasteiger partial charge in [0.15, 0.2) is 11.6 Å². The van der Waals surface area contributed by atoms with Crippen LogP contribution >= 0.6 is 11.6 Å². The van der Waals surface area contributed by atoms with E-state index in [1.54, 1.807) is 25.4 Å². The van der Waals surface area contributed by atoms with E-state index in [0.717, 1.165) is 43.3 Å². The molecule has 7 nitrogen and oxygen atoms in total. The zero-order chi connectivity index (χ0) is 21.7. The topological polar surface area (TPSA) is 78.0 Å². The Balaban J connectivity index is 1.52. The maximum absolute atomic E-state index is 12.9. The average Bonchev–Trinajstić information content (AvgIpc) is 3.19. The lowest BCUT2D eigenvalue weighted by molar-refractivity contribution is -0.289. The number of hydrogen-bond donors (Lipinski definition) is 0. The summed E-state index contributed by atoms with van der Waals surface area (Å²) in [6.45, 7) is 2.41.